The second-order valence-corrected chi connectivity index (χ2v) is 7.62. The molecule has 25 heavy (non-hydrogen) atoms. The Morgan fingerprint density at radius 3 is 2.84 bits per heavy atom. The zero-order valence-corrected chi connectivity index (χ0v) is 16.7. The van der Waals surface area contributed by atoms with Gasteiger partial charge in [0.1, 0.15) is 10.8 Å². The number of rotatable bonds is 5. The van der Waals surface area contributed by atoms with Gasteiger partial charge in [-0.25, -0.2) is 4.98 Å². The van der Waals surface area contributed by atoms with Crippen molar-refractivity contribution in [3.63, 3.8) is 0 Å². The highest BCUT2D eigenvalue weighted by molar-refractivity contribution is 14.1. The predicted octanol–water partition coefficient (Wildman–Crippen LogP) is 4.84. The maximum atomic E-state index is 12.6. The lowest BCUT2D eigenvalue weighted by Gasteiger charge is -2.09. The monoisotopic (exact) mass is 465 g/mol. The van der Waals surface area contributed by atoms with Gasteiger partial charge in [0.25, 0.3) is 5.91 Å². The maximum absolute atomic E-state index is 12.6. The molecule has 0 spiro atoms. The van der Waals surface area contributed by atoms with Crippen molar-refractivity contribution in [2.45, 2.75) is 24.6 Å². The fourth-order valence-electron chi connectivity index (χ4n) is 2.29. The Morgan fingerprint density at radius 2 is 2.12 bits per heavy atom. The van der Waals surface area contributed by atoms with Crippen LogP contribution in [0.5, 0.6) is 0 Å². The Kier molecular flexibility index (Phi) is 5.74. The highest BCUT2D eigenvalue weighted by Gasteiger charge is 2.15. The zero-order valence-electron chi connectivity index (χ0n) is 13.7. The number of amides is 1. The van der Waals surface area contributed by atoms with Gasteiger partial charge in [-0.2, -0.15) is 0 Å². The highest BCUT2D eigenvalue weighted by Crippen LogP contribution is 2.27. The zero-order chi connectivity index (χ0) is 17.8. The number of pyridine rings is 1. The highest BCUT2D eigenvalue weighted by atomic mass is 127. The van der Waals surface area contributed by atoms with Gasteiger partial charge in [0.2, 0.25) is 0 Å². The lowest BCUT2D eigenvalue weighted by atomic mass is 10.2. The van der Waals surface area contributed by atoms with Gasteiger partial charge in [-0.15, -0.1) is 11.8 Å². The van der Waals surface area contributed by atoms with Crippen LogP contribution < -0.4 is 5.32 Å². The van der Waals surface area contributed by atoms with Crippen LogP contribution in [0.25, 0.3) is 0 Å². The predicted molar refractivity (Wildman–Crippen MR) is 107 cm³/mol. The molecule has 0 radical (unpaired) electrons. The Bertz CT molecular complexity index is 891. The van der Waals surface area contributed by atoms with E-state index in [0.717, 1.165) is 26.3 Å². The van der Waals surface area contributed by atoms with Crippen molar-refractivity contribution in [3.8, 4) is 0 Å². The number of hydrogen-bond donors (Lipinski definition) is 1. The molecule has 0 aliphatic rings. The van der Waals surface area contributed by atoms with Crippen molar-refractivity contribution in [1.82, 2.24) is 10.1 Å². The summed E-state index contributed by atoms with van der Waals surface area (Å²) in [5.74, 6) is 1.28. The number of anilines is 1. The molecule has 3 aromatic rings. The van der Waals surface area contributed by atoms with E-state index in [1.807, 2.05) is 38.1 Å². The van der Waals surface area contributed by atoms with Gasteiger partial charge in [-0.3, -0.25) is 4.79 Å². The van der Waals surface area contributed by atoms with Crippen LogP contribution in [0.3, 0.4) is 0 Å². The number of aromatic nitrogens is 2. The van der Waals surface area contributed by atoms with Gasteiger partial charge < -0.3 is 9.84 Å². The Morgan fingerprint density at radius 1 is 1.28 bits per heavy atom. The van der Waals surface area contributed by atoms with Crippen LogP contribution in [0.1, 0.15) is 27.4 Å². The number of carbonyl (C=O) groups excluding carboxylic acids is 1. The maximum Gasteiger partial charge on any atom is 0.258 e. The van der Waals surface area contributed by atoms with Crippen LogP contribution in [0.15, 0.2) is 52.1 Å². The van der Waals surface area contributed by atoms with E-state index in [9.17, 15) is 4.79 Å². The third kappa shape index (κ3) is 4.40. The van der Waals surface area contributed by atoms with E-state index in [1.54, 1.807) is 18.3 Å². The number of nitrogens with one attached hydrogen (secondary N) is 1. The molecule has 0 saturated carbocycles. The van der Waals surface area contributed by atoms with Crippen molar-refractivity contribution >= 4 is 45.9 Å². The lowest BCUT2D eigenvalue weighted by molar-refractivity contribution is 0.102. The second-order valence-electron chi connectivity index (χ2n) is 5.41. The van der Waals surface area contributed by atoms with Crippen LogP contribution in [-0.4, -0.2) is 16.0 Å². The smallest absolute Gasteiger partial charge is 0.258 e. The number of benzene rings is 1. The average molecular weight is 465 g/mol. The summed E-state index contributed by atoms with van der Waals surface area (Å²) in [6.45, 7) is 3.80. The quantitative estimate of drug-likeness (QED) is 0.432. The van der Waals surface area contributed by atoms with Gasteiger partial charge in [-0.05, 0) is 66.8 Å². The van der Waals surface area contributed by atoms with Gasteiger partial charge in [0.05, 0.1) is 11.3 Å². The summed E-state index contributed by atoms with van der Waals surface area (Å²) >= 11 is 3.72. The Labute approximate surface area is 163 Å². The normalized spacial score (nSPS) is 10.7. The third-order valence-electron chi connectivity index (χ3n) is 3.63. The molecule has 0 saturated heterocycles. The van der Waals surface area contributed by atoms with E-state index in [2.05, 4.69) is 38.0 Å². The SMILES string of the molecule is Cc1noc(C)c1CSc1ncccc1C(=O)Nc1cccc(I)c1. The minimum atomic E-state index is -0.170. The molecule has 1 amide bonds. The number of hydrogen-bond acceptors (Lipinski definition) is 5. The molecular weight excluding hydrogens is 449 g/mol. The molecule has 3 rings (SSSR count). The molecule has 0 aliphatic heterocycles. The van der Waals surface area contributed by atoms with E-state index >= 15 is 0 Å². The van der Waals surface area contributed by atoms with Crippen LogP contribution >= 0.6 is 34.4 Å². The minimum absolute atomic E-state index is 0.170. The van der Waals surface area contributed by atoms with Crippen molar-refractivity contribution in [3.05, 3.63) is 68.7 Å². The molecule has 0 aliphatic carbocycles. The van der Waals surface area contributed by atoms with Crippen LogP contribution in [-0.2, 0) is 5.75 Å². The van der Waals surface area contributed by atoms with E-state index < -0.39 is 0 Å². The summed E-state index contributed by atoms with van der Waals surface area (Å²) in [6, 6.07) is 11.2. The van der Waals surface area contributed by atoms with Gasteiger partial charge >= 0.3 is 0 Å². The van der Waals surface area contributed by atoms with Crippen molar-refractivity contribution < 1.29 is 9.32 Å². The number of halogens is 1. The first-order chi connectivity index (χ1) is 12.0. The first-order valence-electron chi connectivity index (χ1n) is 7.61. The molecule has 2 aromatic heterocycles. The topological polar surface area (TPSA) is 68.0 Å². The van der Waals surface area contributed by atoms with Crippen molar-refractivity contribution in [2.75, 3.05) is 5.32 Å². The molecule has 2 heterocycles. The average Bonchev–Trinajstić information content (AvgIpc) is 2.91. The largest absolute Gasteiger partial charge is 0.361 e. The minimum Gasteiger partial charge on any atom is -0.361 e. The molecule has 0 bridgehead atoms. The van der Waals surface area contributed by atoms with Crippen molar-refractivity contribution in [1.29, 1.82) is 0 Å². The van der Waals surface area contributed by atoms with Gasteiger partial charge in [0, 0.05) is 26.8 Å². The van der Waals surface area contributed by atoms with Crippen LogP contribution in [0.2, 0.25) is 0 Å². The fourth-order valence-corrected chi connectivity index (χ4v) is 3.98. The molecule has 1 N–H and O–H groups in total. The van der Waals surface area contributed by atoms with E-state index in [0.29, 0.717) is 16.3 Å². The molecule has 1 aromatic carbocycles. The molecule has 0 atom stereocenters. The number of nitrogens with zero attached hydrogens (tertiary/aromatic N) is 2. The summed E-state index contributed by atoms with van der Waals surface area (Å²) in [6.07, 6.45) is 1.69. The lowest BCUT2D eigenvalue weighted by Crippen LogP contribution is -2.13. The van der Waals surface area contributed by atoms with Gasteiger partial charge in [-0.1, -0.05) is 11.2 Å². The Balaban J connectivity index is 1.77. The first kappa shape index (κ1) is 17.9. The molecule has 0 fully saturated rings. The second kappa shape index (κ2) is 8.01. The standard InChI is InChI=1S/C18H16IN3O2S/c1-11-16(12(2)24-22-11)10-25-18-15(7-4-8-20-18)17(23)21-14-6-3-5-13(19)9-14/h3-9H,10H2,1-2H3,(H,21,23). The van der Waals surface area contributed by atoms with Crippen molar-refractivity contribution in [2.24, 2.45) is 0 Å². The summed E-state index contributed by atoms with van der Waals surface area (Å²) in [5.41, 5.74) is 3.23. The van der Waals surface area contributed by atoms with E-state index in [1.165, 1.54) is 11.8 Å². The Hall–Kier alpha value is -1.87. The third-order valence-corrected chi connectivity index (χ3v) is 5.34. The number of carbonyl (C=O) groups is 1. The summed E-state index contributed by atoms with van der Waals surface area (Å²) in [5, 5.41) is 7.57. The molecule has 7 heteroatoms. The van der Waals surface area contributed by atoms with Crippen LogP contribution in [0, 0.1) is 17.4 Å². The molecule has 128 valence electrons. The molecule has 0 unspecified atom stereocenters. The first-order valence-corrected chi connectivity index (χ1v) is 9.67. The summed E-state index contributed by atoms with van der Waals surface area (Å²) < 4.78 is 6.25. The summed E-state index contributed by atoms with van der Waals surface area (Å²) in [4.78, 5) is 17.0. The summed E-state index contributed by atoms with van der Waals surface area (Å²) in [7, 11) is 0. The number of aryl methyl sites for hydroxylation is 2. The molecular formula is C18H16IN3O2S. The number of thioether (sulfide) groups is 1. The fraction of sp³-hybridized carbons (Fsp3) is 0.167. The van der Waals surface area contributed by atoms with E-state index in [-0.39, 0.29) is 5.91 Å². The molecule has 5 nitrogen and oxygen atoms in total. The van der Waals surface area contributed by atoms with E-state index in [4.69, 9.17) is 4.52 Å². The van der Waals surface area contributed by atoms with Crippen LogP contribution in [0.4, 0.5) is 5.69 Å². The van der Waals surface area contributed by atoms with Gasteiger partial charge in [0.15, 0.2) is 0 Å².